The molecule has 1 aromatic carbocycles. The van der Waals surface area contributed by atoms with Crippen LogP contribution in [0.1, 0.15) is 28.8 Å². The van der Waals surface area contributed by atoms with Crippen molar-refractivity contribution in [1.82, 2.24) is 24.9 Å². The third-order valence-corrected chi connectivity index (χ3v) is 5.44. The molecule has 7 nitrogen and oxygen atoms in total. The van der Waals surface area contributed by atoms with Gasteiger partial charge >= 0.3 is 0 Å². The number of aromatic nitrogens is 4. The number of pyridine rings is 1. The summed E-state index contributed by atoms with van der Waals surface area (Å²) in [4.78, 5) is 20.5. The number of carbonyl (C=O) groups excluding carboxylic acids is 1. The molecule has 1 fully saturated rings. The number of benzene rings is 1. The van der Waals surface area contributed by atoms with Crippen LogP contribution >= 0.6 is 11.6 Å². The second-order valence-electron chi connectivity index (χ2n) is 7.54. The first kappa shape index (κ1) is 21.2. The quantitative estimate of drug-likeness (QED) is 0.641. The van der Waals surface area contributed by atoms with Crippen LogP contribution in [0.2, 0.25) is 5.02 Å². The molecule has 0 saturated carbocycles. The van der Waals surface area contributed by atoms with Crippen LogP contribution in [0.15, 0.2) is 48.9 Å². The zero-order valence-corrected chi connectivity index (χ0v) is 17.6. The monoisotopic (exact) mass is 446 g/mol. The molecule has 1 unspecified atom stereocenters. The van der Waals surface area contributed by atoms with E-state index in [1.807, 2.05) is 13.0 Å². The van der Waals surface area contributed by atoms with Crippen molar-refractivity contribution in [2.45, 2.75) is 31.7 Å². The lowest BCUT2D eigenvalue weighted by molar-refractivity contribution is -0.0674. The normalized spacial score (nSPS) is 18.1. The van der Waals surface area contributed by atoms with Gasteiger partial charge in [0.15, 0.2) is 0 Å². The summed E-state index contributed by atoms with van der Waals surface area (Å²) in [6.07, 6.45) is 3.69. The minimum absolute atomic E-state index is 0.0495. The molecule has 3 heterocycles. The Balaban J connectivity index is 1.61. The van der Waals surface area contributed by atoms with Crippen LogP contribution in [0.3, 0.4) is 0 Å². The van der Waals surface area contributed by atoms with Crippen molar-refractivity contribution in [1.29, 1.82) is 0 Å². The number of likely N-dealkylation sites (tertiary alicyclic amines) is 1. The summed E-state index contributed by atoms with van der Waals surface area (Å²) < 4.78 is 28.4. The molecule has 1 aliphatic heterocycles. The number of nitrogens with zero attached hydrogens (tertiary/aromatic N) is 5. The highest BCUT2D eigenvalue weighted by atomic mass is 35.5. The molecule has 1 atom stereocenters. The lowest BCUT2D eigenvalue weighted by atomic mass is 9.96. The highest BCUT2D eigenvalue weighted by Crippen LogP contribution is 2.33. The average Bonchev–Trinajstić information content (AvgIpc) is 3.27. The van der Waals surface area contributed by atoms with Crippen molar-refractivity contribution >= 4 is 23.3 Å². The Morgan fingerprint density at radius 1 is 1.26 bits per heavy atom. The third-order valence-electron chi connectivity index (χ3n) is 5.22. The van der Waals surface area contributed by atoms with E-state index in [4.69, 9.17) is 11.6 Å². The zero-order chi connectivity index (χ0) is 22.0. The lowest BCUT2D eigenvalue weighted by Gasteiger charge is -2.39. The summed E-state index contributed by atoms with van der Waals surface area (Å²) in [6.45, 7) is 1.95. The van der Waals surface area contributed by atoms with Gasteiger partial charge in [0.25, 0.3) is 11.8 Å². The summed E-state index contributed by atoms with van der Waals surface area (Å²) in [5.41, 5.74) is 1.75. The number of nitrogens with one attached hydrogen (secondary N) is 1. The third kappa shape index (κ3) is 4.82. The van der Waals surface area contributed by atoms with Crippen LogP contribution in [0, 0.1) is 6.92 Å². The molecule has 1 amide bonds. The number of halogens is 3. The SMILES string of the molecule is Cc1ccc(-n2nccn2)c(C(=O)N2CCC(F)(F)CC2CNc2ccc(Cl)cn2)c1. The van der Waals surface area contributed by atoms with Crippen LogP contribution in [0.5, 0.6) is 0 Å². The van der Waals surface area contributed by atoms with Crippen LogP contribution in [0.4, 0.5) is 14.6 Å². The molecule has 0 aliphatic carbocycles. The van der Waals surface area contributed by atoms with E-state index in [0.29, 0.717) is 22.1 Å². The van der Waals surface area contributed by atoms with E-state index in [2.05, 4.69) is 20.5 Å². The fourth-order valence-electron chi connectivity index (χ4n) is 3.67. The van der Waals surface area contributed by atoms with Crippen molar-refractivity contribution in [3.05, 3.63) is 65.1 Å². The van der Waals surface area contributed by atoms with Crippen LogP contribution in [-0.2, 0) is 0 Å². The smallest absolute Gasteiger partial charge is 0.256 e. The maximum absolute atomic E-state index is 14.2. The zero-order valence-electron chi connectivity index (χ0n) is 16.8. The Bertz CT molecular complexity index is 1060. The second kappa shape index (κ2) is 8.58. The molecule has 4 rings (SSSR count). The summed E-state index contributed by atoms with van der Waals surface area (Å²) in [5.74, 6) is -2.67. The van der Waals surface area contributed by atoms with Gasteiger partial charge in [0.1, 0.15) is 5.82 Å². The Labute approximate surface area is 183 Å². The molecule has 1 N–H and O–H groups in total. The van der Waals surface area contributed by atoms with Crippen molar-refractivity contribution in [3.8, 4) is 5.69 Å². The largest absolute Gasteiger partial charge is 0.368 e. The van der Waals surface area contributed by atoms with Gasteiger partial charge in [-0.25, -0.2) is 13.8 Å². The fourth-order valence-corrected chi connectivity index (χ4v) is 3.78. The predicted octanol–water partition coefficient (Wildman–Crippen LogP) is 3.98. The standard InChI is InChI=1S/C21H21ClF2N6O/c1-14-2-4-18(30-27-7-8-28-30)17(10-14)20(31)29-9-6-21(23,24)11-16(29)13-26-19-5-3-15(22)12-25-19/h2-5,7-8,10,12,16H,6,9,11,13H2,1H3,(H,25,26). The highest BCUT2D eigenvalue weighted by molar-refractivity contribution is 6.30. The molecule has 0 radical (unpaired) electrons. The number of piperidine rings is 1. The number of hydrogen-bond acceptors (Lipinski definition) is 5. The summed E-state index contributed by atoms with van der Waals surface area (Å²) in [6, 6.07) is 7.95. The Morgan fingerprint density at radius 2 is 2.03 bits per heavy atom. The van der Waals surface area contributed by atoms with Gasteiger partial charge < -0.3 is 10.2 Å². The molecule has 0 spiro atoms. The van der Waals surface area contributed by atoms with Crippen molar-refractivity contribution in [3.63, 3.8) is 0 Å². The first-order valence-electron chi connectivity index (χ1n) is 9.84. The maximum Gasteiger partial charge on any atom is 0.256 e. The van der Waals surface area contributed by atoms with Gasteiger partial charge in [-0.3, -0.25) is 4.79 Å². The van der Waals surface area contributed by atoms with Gasteiger partial charge in [-0.2, -0.15) is 15.0 Å². The topological polar surface area (TPSA) is 75.9 Å². The molecular formula is C21H21ClF2N6O. The molecule has 0 bridgehead atoms. The summed E-state index contributed by atoms with van der Waals surface area (Å²) >= 11 is 5.85. The minimum atomic E-state index is -2.84. The number of aryl methyl sites for hydroxylation is 1. The summed E-state index contributed by atoms with van der Waals surface area (Å²) in [7, 11) is 0. The van der Waals surface area contributed by atoms with Gasteiger partial charge in [-0.1, -0.05) is 23.2 Å². The molecule has 31 heavy (non-hydrogen) atoms. The highest BCUT2D eigenvalue weighted by Gasteiger charge is 2.42. The lowest BCUT2D eigenvalue weighted by Crippen LogP contribution is -2.52. The first-order valence-corrected chi connectivity index (χ1v) is 10.2. The molecule has 3 aromatic rings. The van der Waals surface area contributed by atoms with E-state index in [1.54, 1.807) is 24.3 Å². The second-order valence-corrected chi connectivity index (χ2v) is 7.98. The average molecular weight is 447 g/mol. The van der Waals surface area contributed by atoms with Crippen LogP contribution in [-0.4, -0.2) is 55.8 Å². The van der Waals surface area contributed by atoms with Gasteiger partial charge in [0.2, 0.25) is 0 Å². The summed E-state index contributed by atoms with van der Waals surface area (Å²) in [5, 5.41) is 11.7. The van der Waals surface area contributed by atoms with E-state index in [9.17, 15) is 13.6 Å². The Hall–Kier alpha value is -3.07. The number of rotatable bonds is 5. The number of amides is 1. The number of hydrogen-bond donors (Lipinski definition) is 1. The Morgan fingerprint density at radius 3 is 2.74 bits per heavy atom. The van der Waals surface area contributed by atoms with E-state index in [1.165, 1.54) is 28.3 Å². The fraction of sp³-hybridized carbons (Fsp3) is 0.333. The van der Waals surface area contributed by atoms with Crippen molar-refractivity contribution in [2.75, 3.05) is 18.4 Å². The van der Waals surface area contributed by atoms with Gasteiger partial charge in [-0.05, 0) is 31.2 Å². The molecule has 1 saturated heterocycles. The first-order chi connectivity index (χ1) is 14.8. The molecule has 2 aromatic heterocycles. The van der Waals surface area contributed by atoms with Gasteiger partial charge in [-0.15, -0.1) is 0 Å². The molecule has 162 valence electrons. The number of anilines is 1. The number of carbonyl (C=O) groups is 1. The predicted molar refractivity (Wildman–Crippen MR) is 113 cm³/mol. The van der Waals surface area contributed by atoms with E-state index < -0.39 is 18.4 Å². The van der Waals surface area contributed by atoms with E-state index in [0.717, 1.165) is 5.56 Å². The molecular weight excluding hydrogens is 426 g/mol. The molecule has 1 aliphatic rings. The van der Waals surface area contributed by atoms with Crippen LogP contribution in [0.25, 0.3) is 5.69 Å². The maximum atomic E-state index is 14.2. The van der Waals surface area contributed by atoms with E-state index >= 15 is 0 Å². The van der Waals surface area contributed by atoms with Gasteiger partial charge in [0, 0.05) is 32.1 Å². The van der Waals surface area contributed by atoms with Gasteiger partial charge in [0.05, 0.1) is 34.7 Å². The molecule has 10 heteroatoms. The van der Waals surface area contributed by atoms with Crippen LogP contribution < -0.4 is 5.32 Å². The van der Waals surface area contributed by atoms with E-state index in [-0.39, 0.29) is 25.4 Å². The van der Waals surface area contributed by atoms with Crippen molar-refractivity contribution in [2.24, 2.45) is 0 Å². The number of alkyl halides is 2. The Kier molecular flexibility index (Phi) is 5.86. The minimum Gasteiger partial charge on any atom is -0.368 e. The van der Waals surface area contributed by atoms with Crippen molar-refractivity contribution < 1.29 is 13.6 Å².